The van der Waals surface area contributed by atoms with Crippen molar-refractivity contribution in [3.8, 4) is 5.88 Å². The number of rotatable bonds is 7. The molecule has 0 radical (unpaired) electrons. The molecule has 0 fully saturated rings. The molecule has 1 aromatic heterocycles. The smallest absolute Gasteiger partial charge is 0.322 e. The number of nitrogens with zero attached hydrogens (tertiary/aromatic N) is 2. The summed E-state index contributed by atoms with van der Waals surface area (Å²) in [5.74, 6) is -5.43. The molecule has 0 aliphatic carbocycles. The Morgan fingerprint density at radius 2 is 1.74 bits per heavy atom. The third-order valence-corrected chi connectivity index (χ3v) is 4.39. The third-order valence-electron chi connectivity index (χ3n) is 4.39. The van der Waals surface area contributed by atoms with Crippen molar-refractivity contribution in [2.24, 2.45) is 0 Å². The zero-order chi connectivity index (χ0) is 22.5. The molecule has 0 spiro atoms. The average Bonchev–Trinajstić information content (AvgIpc) is 2.72. The van der Waals surface area contributed by atoms with E-state index in [4.69, 9.17) is 5.11 Å². The lowest BCUT2D eigenvalue weighted by molar-refractivity contribution is -0.135. The Balaban J connectivity index is 2.08. The highest BCUT2D eigenvalue weighted by Gasteiger charge is 2.23. The quantitative estimate of drug-likeness (QED) is 0.526. The normalized spacial score (nSPS) is 10.6. The van der Waals surface area contributed by atoms with Gasteiger partial charge in [0.1, 0.15) is 12.4 Å². The summed E-state index contributed by atoms with van der Waals surface area (Å²) in [5, 5.41) is 20.9. The number of carbonyl (C=O) groups is 2. The maximum atomic E-state index is 13.6. The maximum absolute atomic E-state index is 13.6. The molecular formula is C21H17F2N3O5. The highest BCUT2D eigenvalue weighted by Crippen LogP contribution is 2.17. The lowest BCUT2D eigenvalue weighted by Crippen LogP contribution is -2.37. The van der Waals surface area contributed by atoms with Crippen molar-refractivity contribution in [1.82, 2.24) is 14.9 Å². The molecule has 2 aromatic carbocycles. The predicted molar refractivity (Wildman–Crippen MR) is 105 cm³/mol. The maximum Gasteiger partial charge on any atom is 0.322 e. The predicted octanol–water partition coefficient (Wildman–Crippen LogP) is 1.68. The molecule has 10 heteroatoms. The van der Waals surface area contributed by atoms with Gasteiger partial charge in [-0.15, -0.1) is 0 Å². The van der Waals surface area contributed by atoms with Crippen LogP contribution in [-0.2, 0) is 17.8 Å². The third kappa shape index (κ3) is 5.10. The summed E-state index contributed by atoms with van der Waals surface area (Å²) in [6.07, 6.45) is -0.135. The minimum absolute atomic E-state index is 0.00662. The SMILES string of the molecule is O=C(O)CNC(=O)c1c(O)nc(Cc2ccc(F)c(F)c2)n(Cc2ccccc2)c1=O. The van der Waals surface area contributed by atoms with Crippen LogP contribution in [0.5, 0.6) is 5.88 Å². The van der Waals surface area contributed by atoms with Crippen LogP contribution >= 0.6 is 0 Å². The lowest BCUT2D eigenvalue weighted by atomic mass is 10.1. The van der Waals surface area contributed by atoms with Gasteiger partial charge in [0, 0.05) is 6.42 Å². The summed E-state index contributed by atoms with van der Waals surface area (Å²) < 4.78 is 27.9. The number of carboxylic acid groups (broad SMARTS) is 1. The molecular weight excluding hydrogens is 412 g/mol. The molecule has 3 rings (SSSR count). The molecule has 31 heavy (non-hydrogen) atoms. The van der Waals surface area contributed by atoms with Crippen molar-refractivity contribution in [3.05, 3.63) is 93.0 Å². The van der Waals surface area contributed by atoms with Gasteiger partial charge < -0.3 is 15.5 Å². The first-order valence-electron chi connectivity index (χ1n) is 9.06. The van der Waals surface area contributed by atoms with Crippen molar-refractivity contribution in [3.63, 3.8) is 0 Å². The van der Waals surface area contributed by atoms with E-state index in [0.717, 1.165) is 16.7 Å². The van der Waals surface area contributed by atoms with Crippen LogP contribution in [0.25, 0.3) is 0 Å². The second kappa shape index (κ2) is 9.16. The Kier molecular flexibility index (Phi) is 6.39. The van der Waals surface area contributed by atoms with Crippen LogP contribution in [0.15, 0.2) is 53.3 Å². The van der Waals surface area contributed by atoms with Crippen LogP contribution in [0.3, 0.4) is 0 Å². The van der Waals surface area contributed by atoms with E-state index in [1.54, 1.807) is 30.3 Å². The fraction of sp³-hybridized carbons (Fsp3) is 0.143. The first kappa shape index (κ1) is 21.6. The standard InChI is InChI=1S/C21H17F2N3O5/c22-14-7-6-13(8-15(14)23)9-16-25-20(30)18(19(29)24-10-17(27)28)21(31)26(16)11-12-4-2-1-3-5-12/h1-8,30H,9-11H2,(H,24,29)(H,27,28). The summed E-state index contributed by atoms with van der Waals surface area (Å²) in [6, 6.07) is 11.9. The number of aliphatic carboxylic acids is 1. The molecule has 1 heterocycles. The molecule has 1 amide bonds. The number of carboxylic acids is 1. The monoisotopic (exact) mass is 429 g/mol. The number of hydrogen-bond donors (Lipinski definition) is 3. The first-order valence-corrected chi connectivity index (χ1v) is 9.06. The highest BCUT2D eigenvalue weighted by molar-refractivity contribution is 5.97. The Morgan fingerprint density at radius 3 is 2.39 bits per heavy atom. The zero-order valence-electron chi connectivity index (χ0n) is 16.0. The van der Waals surface area contributed by atoms with E-state index < -0.39 is 47.1 Å². The molecule has 8 nitrogen and oxygen atoms in total. The van der Waals surface area contributed by atoms with E-state index in [2.05, 4.69) is 4.98 Å². The van der Waals surface area contributed by atoms with E-state index in [0.29, 0.717) is 5.56 Å². The molecule has 3 N–H and O–H groups in total. The molecule has 0 bridgehead atoms. The number of aromatic nitrogens is 2. The van der Waals surface area contributed by atoms with Gasteiger partial charge in [-0.1, -0.05) is 36.4 Å². The molecule has 0 saturated heterocycles. The van der Waals surface area contributed by atoms with Crippen molar-refractivity contribution < 1.29 is 28.6 Å². The zero-order valence-corrected chi connectivity index (χ0v) is 16.0. The first-order chi connectivity index (χ1) is 14.8. The van der Waals surface area contributed by atoms with Gasteiger partial charge in [0.05, 0.1) is 6.54 Å². The minimum atomic E-state index is -1.33. The van der Waals surface area contributed by atoms with Crippen molar-refractivity contribution in [2.45, 2.75) is 13.0 Å². The number of nitrogens with one attached hydrogen (secondary N) is 1. The fourth-order valence-corrected chi connectivity index (χ4v) is 2.93. The summed E-state index contributed by atoms with van der Waals surface area (Å²) in [5.41, 5.74) is -0.654. The summed E-state index contributed by atoms with van der Waals surface area (Å²) in [6.45, 7) is -0.780. The van der Waals surface area contributed by atoms with Crippen LogP contribution in [0.4, 0.5) is 8.78 Å². The van der Waals surface area contributed by atoms with Crippen molar-refractivity contribution in [1.29, 1.82) is 0 Å². The number of hydrogen-bond acceptors (Lipinski definition) is 5. The Hall–Kier alpha value is -4.08. The molecule has 160 valence electrons. The van der Waals surface area contributed by atoms with E-state index in [9.17, 15) is 28.3 Å². The largest absolute Gasteiger partial charge is 0.493 e. The molecule has 0 unspecified atom stereocenters. The Labute approximate surface area is 174 Å². The van der Waals surface area contributed by atoms with E-state index in [-0.39, 0.29) is 24.4 Å². The Bertz CT molecular complexity index is 1200. The van der Waals surface area contributed by atoms with Gasteiger partial charge in [-0.05, 0) is 23.3 Å². The molecule has 0 atom stereocenters. The van der Waals surface area contributed by atoms with Gasteiger partial charge in [-0.25, -0.2) is 8.78 Å². The van der Waals surface area contributed by atoms with Crippen molar-refractivity contribution >= 4 is 11.9 Å². The highest BCUT2D eigenvalue weighted by atomic mass is 19.2. The second-order valence-electron chi connectivity index (χ2n) is 6.61. The lowest BCUT2D eigenvalue weighted by Gasteiger charge is -2.15. The minimum Gasteiger partial charge on any atom is -0.493 e. The number of halogens is 2. The van der Waals surface area contributed by atoms with Gasteiger partial charge in [0.25, 0.3) is 11.5 Å². The number of carbonyl (C=O) groups excluding carboxylic acids is 1. The average molecular weight is 429 g/mol. The summed E-state index contributed by atoms with van der Waals surface area (Å²) in [7, 11) is 0. The molecule has 0 saturated carbocycles. The summed E-state index contributed by atoms with van der Waals surface area (Å²) in [4.78, 5) is 39.9. The van der Waals surface area contributed by atoms with Gasteiger partial charge in [-0.3, -0.25) is 19.0 Å². The Morgan fingerprint density at radius 1 is 1.03 bits per heavy atom. The number of amides is 1. The second-order valence-corrected chi connectivity index (χ2v) is 6.61. The van der Waals surface area contributed by atoms with Gasteiger partial charge in [0.2, 0.25) is 5.88 Å². The fourth-order valence-electron chi connectivity index (χ4n) is 2.93. The number of benzene rings is 2. The van der Waals surface area contributed by atoms with Crippen LogP contribution in [-0.4, -0.2) is 38.2 Å². The molecule has 0 aliphatic heterocycles. The van der Waals surface area contributed by atoms with Crippen molar-refractivity contribution in [2.75, 3.05) is 6.54 Å². The van der Waals surface area contributed by atoms with E-state index in [1.807, 2.05) is 5.32 Å². The van der Waals surface area contributed by atoms with Crippen LogP contribution in [0.1, 0.15) is 27.3 Å². The van der Waals surface area contributed by atoms with Gasteiger partial charge in [-0.2, -0.15) is 4.98 Å². The van der Waals surface area contributed by atoms with Crippen LogP contribution in [0, 0.1) is 11.6 Å². The molecule has 0 aliphatic rings. The topological polar surface area (TPSA) is 122 Å². The summed E-state index contributed by atoms with van der Waals surface area (Å²) >= 11 is 0. The van der Waals surface area contributed by atoms with Gasteiger partial charge >= 0.3 is 5.97 Å². The number of aromatic hydroxyl groups is 1. The van der Waals surface area contributed by atoms with Crippen LogP contribution in [0.2, 0.25) is 0 Å². The van der Waals surface area contributed by atoms with E-state index in [1.165, 1.54) is 6.07 Å². The van der Waals surface area contributed by atoms with Crippen LogP contribution < -0.4 is 10.9 Å². The van der Waals surface area contributed by atoms with Gasteiger partial charge in [0.15, 0.2) is 17.2 Å². The van der Waals surface area contributed by atoms with E-state index >= 15 is 0 Å². The molecule has 3 aromatic rings.